The van der Waals surface area contributed by atoms with Gasteiger partial charge in [-0.15, -0.1) is 0 Å². The Bertz CT molecular complexity index is 746. The van der Waals surface area contributed by atoms with Crippen LogP contribution in [0.25, 0.3) is 0 Å². The molecule has 27 heavy (non-hydrogen) atoms. The Hall–Kier alpha value is -2.40. The fraction of sp³-hybridized carbons (Fsp3) is 0.381. The Labute approximate surface area is 165 Å². The van der Waals surface area contributed by atoms with Crippen LogP contribution in [0.1, 0.15) is 12.0 Å². The molecule has 0 spiro atoms. The summed E-state index contributed by atoms with van der Waals surface area (Å²) in [4.78, 5) is 16.5. The Balaban J connectivity index is 1.36. The largest absolute Gasteiger partial charge is 0.494 e. The van der Waals surface area contributed by atoms with E-state index in [0.29, 0.717) is 26.2 Å². The van der Waals surface area contributed by atoms with E-state index in [1.807, 2.05) is 53.4 Å². The highest BCUT2D eigenvalue weighted by atomic mass is 35.5. The number of nitrogens with one attached hydrogen (secondary N) is 1. The SMILES string of the molecule is Cc1ccc(Cl)cc1N1CCN(C(=O)NCCCOc2ccccc2)CC1. The molecule has 6 heteroatoms. The molecule has 5 nitrogen and oxygen atoms in total. The maximum Gasteiger partial charge on any atom is 0.317 e. The number of piperazine rings is 1. The van der Waals surface area contributed by atoms with Crippen LogP contribution in [0, 0.1) is 6.92 Å². The molecule has 3 rings (SSSR count). The molecular formula is C21H26ClN3O2. The molecule has 0 aromatic heterocycles. The van der Waals surface area contributed by atoms with Crippen molar-refractivity contribution in [3.8, 4) is 5.75 Å². The third-order valence-corrected chi connectivity index (χ3v) is 4.92. The molecular weight excluding hydrogens is 362 g/mol. The van der Waals surface area contributed by atoms with E-state index in [-0.39, 0.29) is 6.03 Å². The molecule has 0 atom stereocenters. The minimum Gasteiger partial charge on any atom is -0.494 e. The third-order valence-electron chi connectivity index (χ3n) is 4.69. The summed E-state index contributed by atoms with van der Waals surface area (Å²) in [5.74, 6) is 0.858. The molecule has 2 aromatic carbocycles. The molecule has 1 saturated heterocycles. The molecule has 0 aliphatic carbocycles. The van der Waals surface area contributed by atoms with E-state index in [0.717, 1.165) is 36.0 Å². The number of rotatable bonds is 6. The number of amides is 2. The summed E-state index contributed by atoms with van der Waals surface area (Å²) in [6.07, 6.45) is 0.780. The highest BCUT2D eigenvalue weighted by Crippen LogP contribution is 2.25. The van der Waals surface area contributed by atoms with Crippen LogP contribution in [0.3, 0.4) is 0 Å². The molecule has 1 N–H and O–H groups in total. The van der Waals surface area contributed by atoms with E-state index < -0.39 is 0 Å². The van der Waals surface area contributed by atoms with Gasteiger partial charge in [0.1, 0.15) is 5.75 Å². The van der Waals surface area contributed by atoms with Gasteiger partial charge in [0.2, 0.25) is 0 Å². The first-order chi connectivity index (χ1) is 13.1. The first-order valence-corrected chi connectivity index (χ1v) is 9.73. The quantitative estimate of drug-likeness (QED) is 0.763. The van der Waals surface area contributed by atoms with Crippen LogP contribution in [-0.2, 0) is 0 Å². The summed E-state index contributed by atoms with van der Waals surface area (Å²) in [7, 11) is 0. The van der Waals surface area contributed by atoms with Crippen LogP contribution >= 0.6 is 11.6 Å². The molecule has 0 radical (unpaired) electrons. The highest BCUT2D eigenvalue weighted by molar-refractivity contribution is 6.30. The smallest absolute Gasteiger partial charge is 0.317 e. The summed E-state index contributed by atoms with van der Waals surface area (Å²) in [6.45, 7) is 6.32. The standard InChI is InChI=1S/C21H26ClN3O2/c1-17-8-9-18(22)16-20(17)24-11-13-25(14-12-24)21(26)23-10-5-15-27-19-6-3-2-4-7-19/h2-4,6-9,16H,5,10-15H2,1H3,(H,23,26). The van der Waals surface area contributed by atoms with Crippen molar-refractivity contribution in [2.75, 3.05) is 44.2 Å². The number of para-hydroxylation sites is 1. The minimum atomic E-state index is -0.00261. The summed E-state index contributed by atoms with van der Waals surface area (Å²) in [5, 5.41) is 3.73. The van der Waals surface area contributed by atoms with Crippen LogP contribution in [0.15, 0.2) is 48.5 Å². The van der Waals surface area contributed by atoms with Crippen LogP contribution in [-0.4, -0.2) is 50.3 Å². The van der Waals surface area contributed by atoms with Gasteiger partial charge in [0.15, 0.2) is 0 Å². The number of carbonyl (C=O) groups is 1. The van der Waals surface area contributed by atoms with Crippen LogP contribution < -0.4 is 15.0 Å². The van der Waals surface area contributed by atoms with Gasteiger partial charge in [-0.2, -0.15) is 0 Å². The third kappa shape index (κ3) is 5.54. The van der Waals surface area contributed by atoms with Crippen molar-refractivity contribution >= 4 is 23.3 Å². The Morgan fingerprint density at radius 3 is 2.59 bits per heavy atom. The first-order valence-electron chi connectivity index (χ1n) is 9.35. The van der Waals surface area contributed by atoms with Crippen molar-refractivity contribution in [3.05, 3.63) is 59.1 Å². The zero-order valence-corrected chi connectivity index (χ0v) is 16.4. The van der Waals surface area contributed by atoms with Gasteiger partial charge in [-0.25, -0.2) is 4.79 Å². The van der Waals surface area contributed by atoms with E-state index in [1.165, 1.54) is 5.56 Å². The van der Waals surface area contributed by atoms with Gasteiger partial charge in [0, 0.05) is 43.4 Å². The fourth-order valence-electron chi connectivity index (χ4n) is 3.16. The number of anilines is 1. The zero-order valence-electron chi connectivity index (χ0n) is 15.7. The zero-order chi connectivity index (χ0) is 19.1. The molecule has 144 valence electrons. The fourth-order valence-corrected chi connectivity index (χ4v) is 3.33. The normalized spacial score (nSPS) is 14.1. The van der Waals surface area contributed by atoms with Crippen LogP contribution in [0.5, 0.6) is 5.75 Å². The Morgan fingerprint density at radius 2 is 1.85 bits per heavy atom. The average molecular weight is 388 g/mol. The van der Waals surface area contributed by atoms with Crippen molar-refractivity contribution in [2.45, 2.75) is 13.3 Å². The lowest BCUT2D eigenvalue weighted by atomic mass is 10.1. The molecule has 1 aliphatic rings. The lowest BCUT2D eigenvalue weighted by Crippen LogP contribution is -2.52. The number of urea groups is 1. The summed E-state index contributed by atoms with van der Waals surface area (Å²) in [6, 6.07) is 15.7. The van der Waals surface area contributed by atoms with E-state index in [4.69, 9.17) is 16.3 Å². The molecule has 0 bridgehead atoms. The van der Waals surface area contributed by atoms with Gasteiger partial charge in [-0.3, -0.25) is 0 Å². The summed E-state index contributed by atoms with van der Waals surface area (Å²) in [5.41, 5.74) is 2.36. The topological polar surface area (TPSA) is 44.8 Å². The second-order valence-electron chi connectivity index (χ2n) is 6.65. The van der Waals surface area contributed by atoms with E-state index in [2.05, 4.69) is 17.1 Å². The van der Waals surface area contributed by atoms with Crippen molar-refractivity contribution < 1.29 is 9.53 Å². The number of ether oxygens (including phenoxy) is 1. The number of nitrogens with zero attached hydrogens (tertiary/aromatic N) is 2. The lowest BCUT2D eigenvalue weighted by Gasteiger charge is -2.36. The number of carbonyl (C=O) groups excluding carboxylic acids is 1. The minimum absolute atomic E-state index is 0.00261. The maximum atomic E-state index is 12.3. The predicted molar refractivity (Wildman–Crippen MR) is 110 cm³/mol. The van der Waals surface area contributed by atoms with Crippen molar-refractivity contribution in [1.29, 1.82) is 0 Å². The molecule has 0 unspecified atom stereocenters. The molecule has 1 aliphatic heterocycles. The first kappa shape index (κ1) is 19.4. The van der Waals surface area contributed by atoms with Gasteiger partial charge in [0.25, 0.3) is 0 Å². The van der Waals surface area contributed by atoms with Crippen molar-refractivity contribution in [1.82, 2.24) is 10.2 Å². The van der Waals surface area contributed by atoms with Crippen molar-refractivity contribution in [2.24, 2.45) is 0 Å². The van der Waals surface area contributed by atoms with Gasteiger partial charge < -0.3 is 19.9 Å². The predicted octanol–water partition coefficient (Wildman–Crippen LogP) is 3.95. The number of hydrogen-bond acceptors (Lipinski definition) is 3. The highest BCUT2D eigenvalue weighted by Gasteiger charge is 2.21. The maximum absolute atomic E-state index is 12.3. The summed E-state index contributed by atoms with van der Waals surface area (Å²) < 4.78 is 5.63. The second kappa shape index (κ2) is 9.51. The molecule has 2 amide bonds. The lowest BCUT2D eigenvalue weighted by molar-refractivity contribution is 0.193. The number of benzene rings is 2. The molecule has 1 heterocycles. The van der Waals surface area contributed by atoms with E-state index >= 15 is 0 Å². The Morgan fingerprint density at radius 1 is 1.11 bits per heavy atom. The molecule has 0 saturated carbocycles. The van der Waals surface area contributed by atoms with Crippen LogP contribution in [0.2, 0.25) is 5.02 Å². The monoisotopic (exact) mass is 387 g/mol. The second-order valence-corrected chi connectivity index (χ2v) is 7.09. The average Bonchev–Trinajstić information content (AvgIpc) is 2.70. The number of halogens is 1. The van der Waals surface area contributed by atoms with Crippen LogP contribution in [0.4, 0.5) is 10.5 Å². The Kier molecular flexibility index (Phi) is 6.82. The van der Waals surface area contributed by atoms with E-state index in [9.17, 15) is 4.79 Å². The number of aryl methyl sites for hydroxylation is 1. The van der Waals surface area contributed by atoms with Gasteiger partial charge >= 0.3 is 6.03 Å². The van der Waals surface area contributed by atoms with Gasteiger partial charge in [0.05, 0.1) is 6.61 Å². The molecule has 2 aromatic rings. The molecule has 1 fully saturated rings. The van der Waals surface area contributed by atoms with Gasteiger partial charge in [-0.05, 0) is 43.2 Å². The van der Waals surface area contributed by atoms with Gasteiger partial charge in [-0.1, -0.05) is 35.9 Å². The summed E-state index contributed by atoms with van der Waals surface area (Å²) >= 11 is 6.13. The van der Waals surface area contributed by atoms with E-state index in [1.54, 1.807) is 0 Å². The van der Waals surface area contributed by atoms with Crippen molar-refractivity contribution in [3.63, 3.8) is 0 Å². The number of hydrogen-bond donors (Lipinski definition) is 1.